The van der Waals surface area contributed by atoms with Gasteiger partial charge in [-0.2, -0.15) is 0 Å². The third-order valence-electron chi connectivity index (χ3n) is 13.1. The van der Waals surface area contributed by atoms with E-state index in [-0.39, 0.29) is 0 Å². The molecule has 0 bridgehead atoms. The molecule has 0 fully saturated rings. The van der Waals surface area contributed by atoms with Gasteiger partial charge in [-0.3, -0.25) is 0 Å². The van der Waals surface area contributed by atoms with Crippen molar-refractivity contribution in [3.63, 3.8) is 0 Å². The molecule has 0 spiro atoms. The molecule has 1 aromatic heterocycles. The standard InChI is InChI=1S/C56H31N/c1-2-6-37-29-48(22-21-32(37)5-1)57-49-30-46(44-23-38-15-11-33-7-3-8-34-12-16-39(24-44)53(38)51(33)34)27-42-19-20-43-28-47(31-50(57)56(43)55(42)49)45-25-40-17-13-35-9-4-10-36-14-18-41(26-45)54(40)52(35)36/h1-31H. The Hall–Kier alpha value is -7.48. The Kier molecular flexibility index (Phi) is 5.56. The van der Waals surface area contributed by atoms with Crippen LogP contribution < -0.4 is 0 Å². The Morgan fingerprint density at radius 1 is 0.211 bits per heavy atom. The molecule has 0 saturated heterocycles. The van der Waals surface area contributed by atoms with Crippen LogP contribution in [0.5, 0.6) is 0 Å². The number of nitrogens with zero attached hydrogens (tertiary/aromatic N) is 1. The van der Waals surface area contributed by atoms with Crippen molar-refractivity contribution in [2.45, 2.75) is 0 Å². The molecule has 14 aromatic rings. The van der Waals surface area contributed by atoms with Crippen LogP contribution in [-0.2, 0) is 0 Å². The van der Waals surface area contributed by atoms with Gasteiger partial charge in [0.05, 0.1) is 11.0 Å². The number of rotatable bonds is 3. The van der Waals surface area contributed by atoms with Crippen molar-refractivity contribution in [2.24, 2.45) is 0 Å². The van der Waals surface area contributed by atoms with E-state index in [1.54, 1.807) is 0 Å². The molecular formula is C56H31N. The number of hydrogen-bond donors (Lipinski definition) is 0. The molecule has 1 heteroatoms. The van der Waals surface area contributed by atoms with Gasteiger partial charge in [0.2, 0.25) is 0 Å². The first-order valence-corrected chi connectivity index (χ1v) is 19.9. The van der Waals surface area contributed by atoms with Gasteiger partial charge < -0.3 is 4.57 Å². The van der Waals surface area contributed by atoms with Gasteiger partial charge in [0, 0.05) is 16.5 Å². The Bertz CT molecular complexity index is 3630. The summed E-state index contributed by atoms with van der Waals surface area (Å²) < 4.78 is 2.53. The van der Waals surface area contributed by atoms with E-state index in [1.165, 1.54) is 136 Å². The molecule has 260 valence electrons. The third-order valence-corrected chi connectivity index (χ3v) is 13.1. The fraction of sp³-hybridized carbons (Fsp3) is 0. The minimum Gasteiger partial charge on any atom is -0.309 e. The van der Waals surface area contributed by atoms with Crippen LogP contribution >= 0.6 is 0 Å². The maximum absolute atomic E-state index is 2.53. The summed E-state index contributed by atoms with van der Waals surface area (Å²) >= 11 is 0. The molecule has 0 unspecified atom stereocenters. The van der Waals surface area contributed by atoms with Crippen LogP contribution in [0.2, 0.25) is 0 Å². The largest absolute Gasteiger partial charge is 0.309 e. The molecule has 0 aliphatic heterocycles. The van der Waals surface area contributed by atoms with Crippen molar-refractivity contribution < 1.29 is 0 Å². The predicted octanol–water partition coefficient (Wildman–Crippen LogP) is 15.7. The Balaban J connectivity index is 1.05. The highest BCUT2D eigenvalue weighted by Crippen LogP contribution is 2.46. The molecule has 0 atom stereocenters. The van der Waals surface area contributed by atoms with Gasteiger partial charge in [-0.25, -0.2) is 0 Å². The number of fused-ring (bicyclic) bond motifs is 1. The zero-order valence-corrected chi connectivity index (χ0v) is 30.8. The Morgan fingerprint density at radius 2 is 0.526 bits per heavy atom. The lowest BCUT2D eigenvalue weighted by molar-refractivity contribution is 1.19. The maximum Gasteiger partial charge on any atom is 0.0553 e. The lowest BCUT2D eigenvalue weighted by Crippen LogP contribution is -1.95. The highest BCUT2D eigenvalue weighted by molar-refractivity contribution is 6.28. The first kappa shape index (κ1) is 29.8. The van der Waals surface area contributed by atoms with E-state index < -0.39 is 0 Å². The van der Waals surface area contributed by atoms with E-state index in [0.29, 0.717) is 0 Å². The van der Waals surface area contributed by atoms with Crippen LogP contribution in [0.25, 0.3) is 136 Å². The monoisotopic (exact) mass is 717 g/mol. The minimum absolute atomic E-state index is 1.17. The van der Waals surface area contributed by atoms with Gasteiger partial charge in [-0.05, 0) is 169 Å². The molecule has 0 aliphatic carbocycles. The average molecular weight is 718 g/mol. The quantitative estimate of drug-likeness (QED) is 0.160. The summed E-state index contributed by atoms with van der Waals surface area (Å²) in [6, 6.07) is 71.2. The van der Waals surface area contributed by atoms with Crippen molar-refractivity contribution in [3.8, 4) is 27.9 Å². The Morgan fingerprint density at radius 3 is 0.965 bits per heavy atom. The zero-order chi connectivity index (χ0) is 36.9. The second kappa shape index (κ2) is 10.6. The van der Waals surface area contributed by atoms with Crippen molar-refractivity contribution in [3.05, 3.63) is 188 Å². The molecule has 0 saturated carbocycles. The first-order valence-electron chi connectivity index (χ1n) is 19.9. The van der Waals surface area contributed by atoms with Gasteiger partial charge in [-0.15, -0.1) is 0 Å². The van der Waals surface area contributed by atoms with Crippen molar-refractivity contribution in [2.75, 3.05) is 0 Å². The van der Waals surface area contributed by atoms with Crippen LogP contribution in [0, 0.1) is 0 Å². The Labute approximate surface area is 327 Å². The maximum atomic E-state index is 2.53. The van der Waals surface area contributed by atoms with Crippen molar-refractivity contribution in [1.82, 2.24) is 4.57 Å². The third kappa shape index (κ3) is 4.02. The topological polar surface area (TPSA) is 4.93 Å². The molecule has 57 heavy (non-hydrogen) atoms. The van der Waals surface area contributed by atoms with Crippen LogP contribution in [0.1, 0.15) is 0 Å². The number of hydrogen-bond acceptors (Lipinski definition) is 0. The molecule has 0 radical (unpaired) electrons. The van der Waals surface area contributed by atoms with Gasteiger partial charge in [0.15, 0.2) is 0 Å². The summed E-state index contributed by atoms with van der Waals surface area (Å²) in [5.41, 5.74) is 8.58. The number of aromatic nitrogens is 1. The normalized spacial score (nSPS) is 12.6. The molecule has 14 rings (SSSR count). The predicted molar refractivity (Wildman–Crippen MR) is 245 cm³/mol. The molecule has 1 heterocycles. The van der Waals surface area contributed by atoms with E-state index in [9.17, 15) is 0 Å². The highest BCUT2D eigenvalue weighted by atomic mass is 15.0. The van der Waals surface area contributed by atoms with Crippen LogP contribution in [-0.4, -0.2) is 4.57 Å². The fourth-order valence-corrected chi connectivity index (χ4v) is 10.5. The summed E-state index contributed by atoms with van der Waals surface area (Å²) in [7, 11) is 0. The number of benzene rings is 13. The summed E-state index contributed by atoms with van der Waals surface area (Å²) in [5, 5.41) is 23.4. The second-order valence-electron chi connectivity index (χ2n) is 16.1. The summed E-state index contributed by atoms with van der Waals surface area (Å²) in [6.45, 7) is 0. The van der Waals surface area contributed by atoms with Crippen LogP contribution in [0.15, 0.2) is 188 Å². The second-order valence-corrected chi connectivity index (χ2v) is 16.1. The first-order chi connectivity index (χ1) is 28.2. The van der Waals surface area contributed by atoms with E-state index in [0.717, 1.165) is 0 Å². The van der Waals surface area contributed by atoms with E-state index in [2.05, 4.69) is 193 Å². The van der Waals surface area contributed by atoms with Crippen LogP contribution in [0.4, 0.5) is 0 Å². The van der Waals surface area contributed by atoms with Gasteiger partial charge in [0.1, 0.15) is 0 Å². The summed E-state index contributed by atoms with van der Waals surface area (Å²) in [6.07, 6.45) is 0. The summed E-state index contributed by atoms with van der Waals surface area (Å²) in [5.74, 6) is 0. The van der Waals surface area contributed by atoms with Gasteiger partial charge >= 0.3 is 0 Å². The lowest BCUT2D eigenvalue weighted by atomic mass is 9.90. The van der Waals surface area contributed by atoms with Crippen molar-refractivity contribution in [1.29, 1.82) is 0 Å². The molecule has 13 aromatic carbocycles. The van der Waals surface area contributed by atoms with E-state index in [1.807, 2.05) is 0 Å². The molecule has 1 nitrogen and oxygen atoms in total. The highest BCUT2D eigenvalue weighted by Gasteiger charge is 2.21. The molecule has 0 amide bonds. The smallest absolute Gasteiger partial charge is 0.0553 e. The van der Waals surface area contributed by atoms with E-state index in [4.69, 9.17) is 0 Å². The van der Waals surface area contributed by atoms with Gasteiger partial charge in [-0.1, -0.05) is 127 Å². The van der Waals surface area contributed by atoms with Crippen LogP contribution in [0.3, 0.4) is 0 Å². The van der Waals surface area contributed by atoms with Crippen molar-refractivity contribution >= 4 is 108 Å². The zero-order valence-electron chi connectivity index (χ0n) is 30.8. The summed E-state index contributed by atoms with van der Waals surface area (Å²) in [4.78, 5) is 0. The van der Waals surface area contributed by atoms with E-state index >= 15 is 0 Å². The SMILES string of the molecule is c1ccc2cc(-n3c4cc(-c5cc6ccc7cccc8ccc(c5)c6c78)cc5ccc6cc(-c7cc8ccc9cccc%10ccc(c7)c8c9%10)cc3c6c54)ccc2c1. The molecular weight excluding hydrogens is 687 g/mol. The average Bonchev–Trinajstić information content (AvgIpc) is 3.60. The molecule has 0 N–H and O–H groups in total. The lowest BCUT2D eigenvalue weighted by Gasteiger charge is -2.14. The minimum atomic E-state index is 1.17. The molecule has 0 aliphatic rings. The van der Waals surface area contributed by atoms with Gasteiger partial charge in [0.25, 0.3) is 0 Å². The fourth-order valence-electron chi connectivity index (χ4n) is 10.5.